The van der Waals surface area contributed by atoms with Crippen LogP contribution in [0.3, 0.4) is 0 Å². The molecule has 2 aliphatic rings. The highest BCUT2D eigenvalue weighted by molar-refractivity contribution is 5.89. The molecule has 23 heavy (non-hydrogen) atoms. The van der Waals surface area contributed by atoms with Gasteiger partial charge in [-0.3, -0.25) is 9.78 Å². The molecule has 0 aromatic carbocycles. The van der Waals surface area contributed by atoms with Crippen LogP contribution in [0.2, 0.25) is 0 Å². The normalized spacial score (nSPS) is 33.8. The van der Waals surface area contributed by atoms with Crippen LogP contribution in [-0.4, -0.2) is 74.5 Å². The molecule has 0 radical (unpaired) electrons. The highest BCUT2D eigenvalue weighted by Crippen LogP contribution is 2.34. The molecule has 2 fully saturated rings. The van der Waals surface area contributed by atoms with E-state index in [0.29, 0.717) is 18.5 Å². The minimum Gasteiger partial charge on any atom is -0.480 e. The number of carboxylic acid groups (broad SMARTS) is 1. The Morgan fingerprint density at radius 1 is 1.30 bits per heavy atom. The van der Waals surface area contributed by atoms with Gasteiger partial charge in [-0.05, 0) is 24.6 Å². The number of aliphatic hydroxyl groups is 2. The van der Waals surface area contributed by atoms with E-state index in [4.69, 9.17) is 0 Å². The molecule has 1 amide bonds. The van der Waals surface area contributed by atoms with Crippen LogP contribution in [0.4, 0.5) is 0 Å². The van der Waals surface area contributed by atoms with Crippen LogP contribution in [0.1, 0.15) is 17.9 Å². The fraction of sp³-hybridized carbons (Fsp3) is 0.533. The van der Waals surface area contributed by atoms with Gasteiger partial charge in [0, 0.05) is 24.9 Å². The third-order valence-electron chi connectivity index (χ3n) is 4.53. The third kappa shape index (κ3) is 2.80. The standard InChI is InChI=1S/C15H19N3O5/c19-9-3-5-17-12(9)14(21)18-7-10(20)11(13(18)15(22)23)8-2-1-4-16-6-8/h1-2,4,6,9-13,17,19-20H,3,5,7H2,(H,22,23). The molecule has 124 valence electrons. The lowest BCUT2D eigenvalue weighted by Gasteiger charge is -2.27. The Balaban J connectivity index is 1.89. The van der Waals surface area contributed by atoms with Crippen molar-refractivity contribution in [3.63, 3.8) is 0 Å². The number of hydrogen-bond donors (Lipinski definition) is 4. The second kappa shape index (κ2) is 6.23. The third-order valence-corrected chi connectivity index (χ3v) is 4.53. The van der Waals surface area contributed by atoms with Crippen molar-refractivity contribution in [2.45, 2.75) is 36.6 Å². The van der Waals surface area contributed by atoms with Gasteiger partial charge in [0.1, 0.15) is 12.1 Å². The van der Waals surface area contributed by atoms with E-state index in [1.807, 2.05) is 0 Å². The number of aromatic nitrogens is 1. The second-order valence-corrected chi connectivity index (χ2v) is 5.94. The summed E-state index contributed by atoms with van der Waals surface area (Å²) in [6.45, 7) is 0.415. The molecule has 2 aliphatic heterocycles. The monoisotopic (exact) mass is 321 g/mol. The SMILES string of the molecule is O=C(O)C1C(c2cccnc2)C(O)CN1C(=O)C1NCCC1O. The number of aliphatic carboxylic acids is 1. The number of amides is 1. The molecule has 0 aliphatic carbocycles. The topological polar surface area (TPSA) is 123 Å². The first-order valence-electron chi connectivity index (χ1n) is 7.53. The van der Waals surface area contributed by atoms with Crippen molar-refractivity contribution < 1.29 is 24.9 Å². The summed E-state index contributed by atoms with van der Waals surface area (Å²) in [7, 11) is 0. The summed E-state index contributed by atoms with van der Waals surface area (Å²) in [5.74, 6) is -2.42. The number of likely N-dealkylation sites (tertiary alicyclic amines) is 1. The first kappa shape index (κ1) is 15.9. The zero-order chi connectivity index (χ0) is 16.6. The number of pyridine rings is 1. The summed E-state index contributed by atoms with van der Waals surface area (Å²) >= 11 is 0. The molecule has 8 heteroatoms. The van der Waals surface area contributed by atoms with Crippen molar-refractivity contribution in [1.82, 2.24) is 15.2 Å². The number of nitrogens with zero attached hydrogens (tertiary/aromatic N) is 2. The molecule has 5 unspecified atom stereocenters. The van der Waals surface area contributed by atoms with Crippen molar-refractivity contribution >= 4 is 11.9 Å². The van der Waals surface area contributed by atoms with Crippen LogP contribution in [-0.2, 0) is 9.59 Å². The lowest BCUT2D eigenvalue weighted by Crippen LogP contribution is -2.52. The van der Waals surface area contributed by atoms with Gasteiger partial charge in [0.15, 0.2) is 0 Å². The maximum absolute atomic E-state index is 12.6. The van der Waals surface area contributed by atoms with Gasteiger partial charge in [-0.2, -0.15) is 0 Å². The largest absolute Gasteiger partial charge is 0.480 e. The van der Waals surface area contributed by atoms with Crippen molar-refractivity contribution in [3.05, 3.63) is 30.1 Å². The van der Waals surface area contributed by atoms with Crippen LogP contribution >= 0.6 is 0 Å². The Bertz CT molecular complexity index is 596. The van der Waals surface area contributed by atoms with E-state index in [1.165, 1.54) is 6.20 Å². The Hall–Kier alpha value is -2.03. The van der Waals surface area contributed by atoms with Gasteiger partial charge in [0.2, 0.25) is 5.91 Å². The maximum Gasteiger partial charge on any atom is 0.327 e. The Morgan fingerprint density at radius 3 is 2.65 bits per heavy atom. The van der Waals surface area contributed by atoms with Gasteiger partial charge >= 0.3 is 5.97 Å². The fourth-order valence-corrected chi connectivity index (χ4v) is 3.44. The molecule has 3 heterocycles. The number of hydrogen-bond acceptors (Lipinski definition) is 6. The molecule has 4 N–H and O–H groups in total. The van der Waals surface area contributed by atoms with E-state index in [9.17, 15) is 24.9 Å². The summed E-state index contributed by atoms with van der Waals surface area (Å²) in [6, 6.07) is 1.34. The first-order valence-corrected chi connectivity index (χ1v) is 7.53. The number of carbonyl (C=O) groups excluding carboxylic acids is 1. The smallest absolute Gasteiger partial charge is 0.327 e. The van der Waals surface area contributed by atoms with E-state index in [0.717, 1.165) is 4.90 Å². The highest BCUT2D eigenvalue weighted by atomic mass is 16.4. The number of β-amino-alcohol motifs (C(OH)–C–C–N with tert-alkyl or cyclic N) is 1. The lowest BCUT2D eigenvalue weighted by molar-refractivity contribution is -0.150. The van der Waals surface area contributed by atoms with E-state index in [2.05, 4.69) is 10.3 Å². The van der Waals surface area contributed by atoms with Gasteiger partial charge < -0.3 is 25.5 Å². The number of nitrogens with one attached hydrogen (secondary N) is 1. The zero-order valence-corrected chi connectivity index (χ0v) is 12.4. The van der Waals surface area contributed by atoms with Crippen LogP contribution in [0.5, 0.6) is 0 Å². The number of rotatable bonds is 3. The summed E-state index contributed by atoms with van der Waals surface area (Å²) in [5, 5.41) is 32.7. The van der Waals surface area contributed by atoms with Crippen LogP contribution < -0.4 is 5.32 Å². The first-order chi connectivity index (χ1) is 11.0. The van der Waals surface area contributed by atoms with Crippen molar-refractivity contribution in [2.24, 2.45) is 0 Å². The Kier molecular flexibility index (Phi) is 4.29. The molecule has 0 saturated carbocycles. The predicted molar refractivity (Wildman–Crippen MR) is 78.5 cm³/mol. The molecule has 0 bridgehead atoms. The summed E-state index contributed by atoms with van der Waals surface area (Å²) in [4.78, 5) is 29.4. The predicted octanol–water partition coefficient (Wildman–Crippen LogP) is -1.46. The zero-order valence-electron chi connectivity index (χ0n) is 12.4. The van der Waals surface area contributed by atoms with Gasteiger partial charge in [0.25, 0.3) is 0 Å². The molecule has 1 aromatic heterocycles. The summed E-state index contributed by atoms with van der Waals surface area (Å²) < 4.78 is 0. The number of carbonyl (C=O) groups is 2. The van der Waals surface area contributed by atoms with Crippen molar-refractivity contribution in [1.29, 1.82) is 0 Å². The van der Waals surface area contributed by atoms with Gasteiger partial charge in [-0.25, -0.2) is 4.79 Å². The van der Waals surface area contributed by atoms with E-state index in [-0.39, 0.29) is 6.54 Å². The quantitative estimate of drug-likeness (QED) is 0.537. The fourth-order valence-electron chi connectivity index (χ4n) is 3.44. The molecular weight excluding hydrogens is 302 g/mol. The maximum atomic E-state index is 12.6. The molecule has 0 spiro atoms. The van der Waals surface area contributed by atoms with Gasteiger partial charge in [0.05, 0.1) is 12.2 Å². The molecule has 1 aromatic rings. The van der Waals surface area contributed by atoms with E-state index < -0.39 is 42.1 Å². The average molecular weight is 321 g/mol. The number of carboxylic acids is 1. The Labute approximate surface area is 132 Å². The minimum atomic E-state index is -1.18. The highest BCUT2D eigenvalue weighted by Gasteiger charge is 2.50. The molecule has 2 saturated heterocycles. The lowest BCUT2D eigenvalue weighted by atomic mass is 9.91. The molecular formula is C15H19N3O5. The summed E-state index contributed by atoms with van der Waals surface area (Å²) in [5.41, 5.74) is 0.572. The van der Waals surface area contributed by atoms with Gasteiger partial charge in [-0.15, -0.1) is 0 Å². The second-order valence-electron chi connectivity index (χ2n) is 5.94. The van der Waals surface area contributed by atoms with E-state index in [1.54, 1.807) is 18.3 Å². The summed E-state index contributed by atoms with van der Waals surface area (Å²) in [6.07, 6.45) is 1.66. The molecule has 3 rings (SSSR count). The average Bonchev–Trinajstić information content (AvgIpc) is 3.11. The molecule has 8 nitrogen and oxygen atoms in total. The minimum absolute atomic E-state index is 0.0831. The van der Waals surface area contributed by atoms with Crippen LogP contribution in [0.15, 0.2) is 24.5 Å². The number of aliphatic hydroxyl groups excluding tert-OH is 2. The van der Waals surface area contributed by atoms with Gasteiger partial charge in [-0.1, -0.05) is 6.07 Å². The Morgan fingerprint density at radius 2 is 2.09 bits per heavy atom. The van der Waals surface area contributed by atoms with Crippen molar-refractivity contribution in [2.75, 3.05) is 13.1 Å². The van der Waals surface area contributed by atoms with E-state index >= 15 is 0 Å². The van der Waals surface area contributed by atoms with Crippen LogP contribution in [0, 0.1) is 0 Å². The van der Waals surface area contributed by atoms with Crippen molar-refractivity contribution in [3.8, 4) is 0 Å². The molecule has 5 atom stereocenters. The van der Waals surface area contributed by atoms with Crippen LogP contribution in [0.25, 0.3) is 0 Å².